The van der Waals surface area contributed by atoms with Gasteiger partial charge in [0.1, 0.15) is 11.6 Å². The molecule has 4 aromatic heterocycles. The maximum absolute atomic E-state index is 15.5. The Labute approximate surface area is 163 Å². The number of furan rings is 1. The van der Waals surface area contributed by atoms with Gasteiger partial charge in [0, 0.05) is 28.3 Å². The highest BCUT2D eigenvalue weighted by atomic mass is 19.1. The lowest BCUT2D eigenvalue weighted by Gasteiger charge is -2.12. The number of aromatic amines is 1. The maximum atomic E-state index is 15.5. The third kappa shape index (κ3) is 2.59. The van der Waals surface area contributed by atoms with Gasteiger partial charge in [0.15, 0.2) is 11.5 Å². The highest BCUT2D eigenvalue weighted by Gasteiger charge is 2.22. The Morgan fingerprint density at radius 1 is 1.24 bits per heavy atom. The molecule has 0 atom stereocenters. The highest BCUT2D eigenvalue weighted by molar-refractivity contribution is 6.03. The minimum atomic E-state index is -0.367. The van der Waals surface area contributed by atoms with Gasteiger partial charge in [-0.3, -0.25) is 14.9 Å². The van der Waals surface area contributed by atoms with Gasteiger partial charge in [-0.05, 0) is 25.5 Å². The second-order valence-corrected chi connectivity index (χ2v) is 6.72. The zero-order valence-electron chi connectivity index (χ0n) is 15.5. The van der Waals surface area contributed by atoms with Crippen LogP contribution >= 0.6 is 0 Å². The molecular weight excluding hydrogens is 375 g/mol. The topological polar surface area (TPSA) is 101 Å². The number of carbonyl (C=O) groups is 1. The van der Waals surface area contributed by atoms with Crippen molar-refractivity contribution in [2.24, 2.45) is 0 Å². The number of halogens is 1. The van der Waals surface area contributed by atoms with Crippen LogP contribution in [0.5, 0.6) is 0 Å². The van der Waals surface area contributed by atoms with Crippen LogP contribution in [0.1, 0.15) is 11.3 Å². The Morgan fingerprint density at radius 3 is 2.86 bits per heavy atom. The molecule has 0 radical (unpaired) electrons. The summed E-state index contributed by atoms with van der Waals surface area (Å²) in [5.41, 5.74) is 3.83. The molecule has 4 heterocycles. The number of H-pyrrole nitrogens is 1. The summed E-state index contributed by atoms with van der Waals surface area (Å²) in [6.07, 6.45) is 8.73. The number of imidazole rings is 1. The summed E-state index contributed by atoms with van der Waals surface area (Å²) in [6, 6.07) is 1.79. The van der Waals surface area contributed by atoms with Crippen molar-refractivity contribution in [2.75, 3.05) is 5.32 Å². The van der Waals surface area contributed by atoms with Crippen molar-refractivity contribution in [3.05, 3.63) is 54.3 Å². The van der Waals surface area contributed by atoms with Crippen molar-refractivity contribution >= 4 is 28.8 Å². The number of aromatic nitrogens is 5. The Kier molecular flexibility index (Phi) is 3.70. The predicted molar refractivity (Wildman–Crippen MR) is 105 cm³/mol. The van der Waals surface area contributed by atoms with Crippen molar-refractivity contribution in [2.45, 2.75) is 13.8 Å². The third-order valence-electron chi connectivity index (χ3n) is 4.91. The number of amides is 1. The summed E-state index contributed by atoms with van der Waals surface area (Å²) in [7, 11) is 0. The molecule has 0 saturated carbocycles. The minimum absolute atomic E-state index is 0.367. The Balaban J connectivity index is 1.76. The van der Waals surface area contributed by atoms with Crippen LogP contribution in [0.15, 0.2) is 41.5 Å². The van der Waals surface area contributed by atoms with E-state index in [1.165, 1.54) is 6.26 Å². The zero-order chi connectivity index (χ0) is 20.1. The van der Waals surface area contributed by atoms with Crippen molar-refractivity contribution < 1.29 is 13.6 Å². The van der Waals surface area contributed by atoms with Gasteiger partial charge in [-0.25, -0.2) is 9.37 Å². The third-order valence-corrected chi connectivity index (χ3v) is 4.91. The number of hydrogen-bond donors (Lipinski definition) is 2. The van der Waals surface area contributed by atoms with E-state index in [1.807, 2.05) is 6.92 Å². The predicted octanol–water partition coefficient (Wildman–Crippen LogP) is 3.86. The molecule has 1 amide bonds. The molecule has 0 aliphatic rings. The van der Waals surface area contributed by atoms with Crippen LogP contribution in [0, 0.1) is 19.7 Å². The van der Waals surface area contributed by atoms with Gasteiger partial charge in [-0.15, -0.1) is 0 Å². The Bertz CT molecular complexity index is 1400. The van der Waals surface area contributed by atoms with Crippen LogP contribution in [0.25, 0.3) is 38.9 Å². The van der Waals surface area contributed by atoms with Crippen molar-refractivity contribution in [3.63, 3.8) is 0 Å². The van der Waals surface area contributed by atoms with E-state index in [0.717, 1.165) is 5.39 Å². The molecule has 0 saturated heterocycles. The van der Waals surface area contributed by atoms with Gasteiger partial charge in [0.2, 0.25) is 6.41 Å². The number of aryl methyl sites for hydroxylation is 1. The summed E-state index contributed by atoms with van der Waals surface area (Å²) < 4.78 is 22.6. The molecular formula is C20H15FN6O2. The van der Waals surface area contributed by atoms with E-state index in [2.05, 4.69) is 25.5 Å². The number of rotatable bonds is 4. The summed E-state index contributed by atoms with van der Waals surface area (Å²) >= 11 is 0. The van der Waals surface area contributed by atoms with Crippen LogP contribution < -0.4 is 5.32 Å². The van der Waals surface area contributed by atoms with Gasteiger partial charge in [-0.1, -0.05) is 0 Å². The molecule has 0 spiro atoms. The highest BCUT2D eigenvalue weighted by Crippen LogP contribution is 2.39. The second kappa shape index (κ2) is 6.26. The largest absolute Gasteiger partial charge is 0.469 e. The Morgan fingerprint density at radius 2 is 2.10 bits per heavy atom. The van der Waals surface area contributed by atoms with E-state index >= 15 is 4.39 Å². The number of hydrogen-bond acceptors (Lipinski definition) is 5. The molecule has 0 unspecified atom stereocenters. The van der Waals surface area contributed by atoms with Crippen LogP contribution in [0.4, 0.5) is 10.2 Å². The SMILES string of the molecule is Cc1cc(-c2c(F)c(C)c(-c3cn4cc(NC=O)nc4cn3)c3cn[nH]c23)co1. The molecule has 0 fully saturated rings. The molecule has 29 heavy (non-hydrogen) atoms. The van der Waals surface area contributed by atoms with Gasteiger partial charge in [0.05, 0.1) is 36.1 Å². The van der Waals surface area contributed by atoms with Gasteiger partial charge >= 0.3 is 0 Å². The quantitative estimate of drug-likeness (QED) is 0.454. The fourth-order valence-electron chi connectivity index (χ4n) is 3.61. The number of nitrogens with one attached hydrogen (secondary N) is 2. The maximum Gasteiger partial charge on any atom is 0.212 e. The fourth-order valence-corrected chi connectivity index (χ4v) is 3.61. The van der Waals surface area contributed by atoms with E-state index < -0.39 is 0 Å². The number of nitrogens with zero attached hydrogens (tertiary/aromatic N) is 4. The normalized spacial score (nSPS) is 11.4. The number of fused-ring (bicyclic) bond motifs is 2. The van der Waals surface area contributed by atoms with E-state index in [0.29, 0.717) is 57.1 Å². The van der Waals surface area contributed by atoms with Crippen LogP contribution in [0.3, 0.4) is 0 Å². The summed E-state index contributed by atoms with van der Waals surface area (Å²) in [6.45, 7) is 3.53. The summed E-state index contributed by atoms with van der Waals surface area (Å²) in [5.74, 6) is 0.732. The van der Waals surface area contributed by atoms with E-state index in [-0.39, 0.29) is 5.82 Å². The standard InChI is InChI=1S/C20H15FN6O2/c1-10-3-12(8-29-10)18-19(21)11(2)17(13-4-24-26-20(13)18)14-6-27-7-15(23-9-28)25-16(27)5-22-14/h3-9H,1-2H3,(H,23,28)(H,24,26). The number of carbonyl (C=O) groups excluding carboxylic acids is 1. The van der Waals surface area contributed by atoms with Gasteiger partial charge in [0.25, 0.3) is 0 Å². The molecule has 2 N–H and O–H groups in total. The van der Waals surface area contributed by atoms with Gasteiger partial charge in [-0.2, -0.15) is 5.10 Å². The molecule has 9 heteroatoms. The first-order valence-electron chi connectivity index (χ1n) is 8.82. The summed E-state index contributed by atoms with van der Waals surface area (Å²) in [4.78, 5) is 19.4. The Hall–Kier alpha value is -4.01. The second-order valence-electron chi connectivity index (χ2n) is 6.72. The lowest BCUT2D eigenvalue weighted by Crippen LogP contribution is -1.98. The van der Waals surface area contributed by atoms with E-state index in [1.54, 1.807) is 42.2 Å². The summed E-state index contributed by atoms with van der Waals surface area (Å²) in [5, 5.41) is 10.3. The van der Waals surface area contributed by atoms with Gasteiger partial charge < -0.3 is 14.1 Å². The van der Waals surface area contributed by atoms with E-state index in [4.69, 9.17) is 4.42 Å². The monoisotopic (exact) mass is 390 g/mol. The van der Waals surface area contributed by atoms with E-state index in [9.17, 15) is 4.79 Å². The van der Waals surface area contributed by atoms with Crippen molar-refractivity contribution in [1.29, 1.82) is 0 Å². The molecule has 1 aromatic carbocycles. The van der Waals surface area contributed by atoms with Crippen LogP contribution in [-0.2, 0) is 4.79 Å². The average Bonchev–Trinajstić information content (AvgIpc) is 3.42. The first kappa shape index (κ1) is 17.1. The van der Waals surface area contributed by atoms with Crippen molar-refractivity contribution in [3.8, 4) is 22.4 Å². The van der Waals surface area contributed by atoms with Crippen LogP contribution in [0.2, 0.25) is 0 Å². The molecule has 0 bridgehead atoms. The fraction of sp³-hybridized carbons (Fsp3) is 0.100. The lowest BCUT2D eigenvalue weighted by molar-refractivity contribution is -0.105. The molecule has 144 valence electrons. The smallest absolute Gasteiger partial charge is 0.212 e. The minimum Gasteiger partial charge on any atom is -0.469 e. The number of benzene rings is 1. The molecule has 8 nitrogen and oxygen atoms in total. The molecule has 5 aromatic rings. The van der Waals surface area contributed by atoms with Crippen molar-refractivity contribution in [1.82, 2.24) is 24.6 Å². The first-order chi connectivity index (χ1) is 14.1. The molecule has 0 aliphatic heterocycles. The number of anilines is 1. The zero-order valence-corrected chi connectivity index (χ0v) is 15.5. The molecule has 0 aliphatic carbocycles. The average molecular weight is 390 g/mol. The lowest BCUT2D eigenvalue weighted by atomic mass is 9.94. The first-order valence-corrected chi connectivity index (χ1v) is 8.82. The molecule has 5 rings (SSSR count). The van der Waals surface area contributed by atoms with Crippen LogP contribution in [-0.4, -0.2) is 31.0 Å².